The summed E-state index contributed by atoms with van der Waals surface area (Å²) in [5.41, 5.74) is 0.607. The Morgan fingerprint density at radius 2 is 1.59 bits per heavy atom. The molecule has 1 aliphatic heterocycles. The first kappa shape index (κ1) is 20.8. The molecule has 0 atom stereocenters. The SMILES string of the molecule is CCOc1cc(C(=O)N2CCC(Oc3ccccc3OCC)CC2)ccc1OC. The van der Waals surface area contributed by atoms with Crippen LogP contribution in [0.3, 0.4) is 0 Å². The Hall–Kier alpha value is -2.89. The molecule has 0 radical (unpaired) electrons. The highest BCUT2D eigenvalue weighted by molar-refractivity contribution is 5.95. The van der Waals surface area contributed by atoms with Gasteiger partial charge in [0, 0.05) is 31.5 Å². The molecule has 1 saturated heterocycles. The highest BCUT2D eigenvalue weighted by Crippen LogP contribution is 2.31. The van der Waals surface area contributed by atoms with Gasteiger partial charge in [0.2, 0.25) is 0 Å². The lowest BCUT2D eigenvalue weighted by Gasteiger charge is -2.32. The van der Waals surface area contributed by atoms with Crippen molar-refractivity contribution in [1.29, 1.82) is 0 Å². The van der Waals surface area contributed by atoms with Crippen molar-refractivity contribution in [2.75, 3.05) is 33.4 Å². The van der Waals surface area contributed by atoms with Crippen LogP contribution in [0.1, 0.15) is 37.0 Å². The third-order valence-electron chi connectivity index (χ3n) is 4.88. The predicted octanol–water partition coefficient (Wildman–Crippen LogP) is 4.18. The van der Waals surface area contributed by atoms with Crippen molar-refractivity contribution in [2.45, 2.75) is 32.8 Å². The van der Waals surface area contributed by atoms with Crippen molar-refractivity contribution >= 4 is 5.91 Å². The Morgan fingerprint density at radius 3 is 2.24 bits per heavy atom. The minimum Gasteiger partial charge on any atom is -0.493 e. The molecule has 3 rings (SSSR count). The van der Waals surface area contributed by atoms with Gasteiger partial charge in [-0.15, -0.1) is 0 Å². The molecule has 0 bridgehead atoms. The number of likely N-dealkylation sites (tertiary alicyclic amines) is 1. The molecule has 0 saturated carbocycles. The van der Waals surface area contributed by atoms with E-state index < -0.39 is 0 Å². The summed E-state index contributed by atoms with van der Waals surface area (Å²) in [6.07, 6.45) is 1.62. The molecule has 0 N–H and O–H groups in total. The summed E-state index contributed by atoms with van der Waals surface area (Å²) in [4.78, 5) is 14.8. The van der Waals surface area contributed by atoms with Gasteiger partial charge in [-0.25, -0.2) is 0 Å². The molecule has 0 aromatic heterocycles. The number of amides is 1. The molecule has 1 heterocycles. The van der Waals surface area contributed by atoms with Crippen LogP contribution in [0.15, 0.2) is 42.5 Å². The molecule has 1 fully saturated rings. The Morgan fingerprint density at radius 1 is 0.931 bits per heavy atom. The van der Waals surface area contributed by atoms with Gasteiger partial charge in [0.15, 0.2) is 23.0 Å². The van der Waals surface area contributed by atoms with Crippen LogP contribution < -0.4 is 18.9 Å². The number of methoxy groups -OCH3 is 1. The number of carbonyl (C=O) groups excluding carboxylic acids is 1. The van der Waals surface area contributed by atoms with Crippen LogP contribution in [0, 0.1) is 0 Å². The maximum atomic E-state index is 12.9. The van der Waals surface area contributed by atoms with Crippen LogP contribution >= 0.6 is 0 Å². The molecule has 0 spiro atoms. The Kier molecular flexibility index (Phi) is 7.22. The molecule has 156 valence electrons. The second-order valence-electron chi connectivity index (χ2n) is 6.79. The fraction of sp³-hybridized carbons (Fsp3) is 0.435. The van der Waals surface area contributed by atoms with E-state index in [-0.39, 0.29) is 12.0 Å². The fourth-order valence-electron chi connectivity index (χ4n) is 3.44. The van der Waals surface area contributed by atoms with E-state index in [0.29, 0.717) is 43.4 Å². The first-order valence-electron chi connectivity index (χ1n) is 10.1. The van der Waals surface area contributed by atoms with Gasteiger partial charge in [0.05, 0.1) is 20.3 Å². The lowest BCUT2D eigenvalue weighted by Crippen LogP contribution is -2.41. The first-order valence-corrected chi connectivity index (χ1v) is 10.1. The first-order chi connectivity index (χ1) is 14.2. The molecule has 2 aromatic carbocycles. The molecule has 1 aliphatic rings. The van der Waals surface area contributed by atoms with Crippen molar-refractivity contribution in [3.8, 4) is 23.0 Å². The van der Waals surface area contributed by atoms with Crippen LogP contribution in [0.5, 0.6) is 23.0 Å². The Labute approximate surface area is 172 Å². The van der Waals surface area contributed by atoms with Gasteiger partial charge in [0.25, 0.3) is 5.91 Å². The third-order valence-corrected chi connectivity index (χ3v) is 4.88. The highest BCUT2D eigenvalue weighted by atomic mass is 16.5. The minimum absolute atomic E-state index is 0.00164. The van der Waals surface area contributed by atoms with Crippen LogP contribution in [0.25, 0.3) is 0 Å². The topological polar surface area (TPSA) is 57.2 Å². The number of para-hydroxylation sites is 2. The number of carbonyl (C=O) groups is 1. The van der Waals surface area contributed by atoms with Gasteiger partial charge in [-0.3, -0.25) is 4.79 Å². The zero-order valence-electron chi connectivity index (χ0n) is 17.3. The summed E-state index contributed by atoms with van der Waals surface area (Å²) in [6.45, 7) is 6.27. The summed E-state index contributed by atoms with van der Waals surface area (Å²) in [7, 11) is 1.59. The maximum Gasteiger partial charge on any atom is 0.253 e. The van der Waals surface area contributed by atoms with E-state index in [9.17, 15) is 4.79 Å². The molecule has 1 amide bonds. The predicted molar refractivity (Wildman–Crippen MR) is 111 cm³/mol. The minimum atomic E-state index is 0.00164. The molecule has 29 heavy (non-hydrogen) atoms. The zero-order valence-corrected chi connectivity index (χ0v) is 17.3. The van der Waals surface area contributed by atoms with Gasteiger partial charge < -0.3 is 23.8 Å². The molecule has 6 heteroatoms. The van der Waals surface area contributed by atoms with Gasteiger partial charge in [-0.1, -0.05) is 12.1 Å². The molecule has 6 nitrogen and oxygen atoms in total. The van der Waals surface area contributed by atoms with E-state index in [4.69, 9.17) is 18.9 Å². The summed E-state index contributed by atoms with van der Waals surface area (Å²) in [5.74, 6) is 2.74. The monoisotopic (exact) mass is 399 g/mol. The lowest BCUT2D eigenvalue weighted by molar-refractivity contribution is 0.0589. The van der Waals surface area contributed by atoms with E-state index in [0.717, 1.165) is 24.3 Å². The molecule has 0 aliphatic carbocycles. The van der Waals surface area contributed by atoms with Crippen molar-refractivity contribution < 1.29 is 23.7 Å². The van der Waals surface area contributed by atoms with Crippen molar-refractivity contribution in [3.05, 3.63) is 48.0 Å². The number of piperidine rings is 1. The van der Waals surface area contributed by atoms with E-state index in [1.807, 2.05) is 43.0 Å². The quantitative estimate of drug-likeness (QED) is 0.667. The lowest BCUT2D eigenvalue weighted by atomic mass is 10.1. The number of hydrogen-bond acceptors (Lipinski definition) is 5. The van der Waals surface area contributed by atoms with Gasteiger partial charge in [0.1, 0.15) is 6.10 Å². The maximum absolute atomic E-state index is 12.9. The van der Waals surface area contributed by atoms with Crippen LogP contribution in [0.4, 0.5) is 0 Å². The summed E-state index contributed by atoms with van der Waals surface area (Å²) in [6, 6.07) is 13.0. The largest absolute Gasteiger partial charge is 0.493 e. The third kappa shape index (κ3) is 5.13. The summed E-state index contributed by atoms with van der Waals surface area (Å²) in [5, 5.41) is 0. The Bertz CT molecular complexity index is 815. The van der Waals surface area contributed by atoms with E-state index in [1.165, 1.54) is 0 Å². The average molecular weight is 399 g/mol. The molecular formula is C23H29NO5. The van der Waals surface area contributed by atoms with E-state index in [1.54, 1.807) is 25.3 Å². The van der Waals surface area contributed by atoms with Crippen LogP contribution in [-0.2, 0) is 0 Å². The average Bonchev–Trinajstić information content (AvgIpc) is 2.75. The summed E-state index contributed by atoms with van der Waals surface area (Å²) < 4.78 is 22.7. The van der Waals surface area contributed by atoms with Crippen molar-refractivity contribution in [1.82, 2.24) is 4.90 Å². The smallest absolute Gasteiger partial charge is 0.253 e. The molecule has 0 unspecified atom stereocenters. The number of ether oxygens (including phenoxy) is 4. The number of rotatable bonds is 8. The number of benzene rings is 2. The number of hydrogen-bond donors (Lipinski definition) is 0. The zero-order chi connectivity index (χ0) is 20.6. The van der Waals surface area contributed by atoms with Crippen molar-refractivity contribution in [2.24, 2.45) is 0 Å². The highest BCUT2D eigenvalue weighted by Gasteiger charge is 2.26. The normalized spacial score (nSPS) is 14.4. The molecular weight excluding hydrogens is 370 g/mol. The van der Waals surface area contributed by atoms with E-state index >= 15 is 0 Å². The second kappa shape index (κ2) is 10.0. The van der Waals surface area contributed by atoms with Crippen molar-refractivity contribution in [3.63, 3.8) is 0 Å². The second-order valence-corrected chi connectivity index (χ2v) is 6.79. The van der Waals surface area contributed by atoms with Gasteiger partial charge >= 0.3 is 0 Å². The van der Waals surface area contributed by atoms with Crippen LogP contribution in [0.2, 0.25) is 0 Å². The van der Waals surface area contributed by atoms with Crippen LogP contribution in [-0.4, -0.2) is 50.3 Å². The summed E-state index contributed by atoms with van der Waals surface area (Å²) >= 11 is 0. The van der Waals surface area contributed by atoms with Gasteiger partial charge in [-0.2, -0.15) is 0 Å². The number of nitrogens with zero attached hydrogens (tertiary/aromatic N) is 1. The fourth-order valence-corrected chi connectivity index (χ4v) is 3.44. The van der Waals surface area contributed by atoms with Gasteiger partial charge in [-0.05, 0) is 44.2 Å². The molecule has 2 aromatic rings. The van der Waals surface area contributed by atoms with E-state index in [2.05, 4.69) is 0 Å². The Balaban J connectivity index is 1.61. The standard InChI is InChI=1S/C23H29NO5/c1-4-27-20-8-6-7-9-21(20)29-18-12-14-24(15-13-18)23(25)17-10-11-19(26-3)22(16-17)28-5-2/h6-11,16,18H,4-5,12-15H2,1-3H3.